The van der Waals surface area contributed by atoms with Gasteiger partial charge in [-0.15, -0.1) is 0 Å². The van der Waals surface area contributed by atoms with E-state index in [2.05, 4.69) is 68.6 Å². The third kappa shape index (κ3) is 2.70. The van der Waals surface area contributed by atoms with Crippen molar-refractivity contribution in [1.82, 2.24) is 5.32 Å². The molecule has 2 nitrogen and oxygen atoms in total. The summed E-state index contributed by atoms with van der Waals surface area (Å²) in [7, 11) is 0. The van der Waals surface area contributed by atoms with E-state index < -0.39 is 0 Å². The Kier molecular flexibility index (Phi) is 4.01. The third-order valence-corrected chi connectivity index (χ3v) is 4.96. The lowest BCUT2D eigenvalue weighted by molar-refractivity contribution is -0.114. The van der Waals surface area contributed by atoms with E-state index in [9.17, 15) is 0 Å². The first-order valence-electron chi connectivity index (χ1n) is 7.94. The molecule has 0 spiro atoms. The van der Waals surface area contributed by atoms with Gasteiger partial charge in [-0.1, -0.05) is 56.3 Å². The van der Waals surface area contributed by atoms with Gasteiger partial charge in [0.05, 0.1) is 6.10 Å². The maximum absolute atomic E-state index is 5.81. The van der Waals surface area contributed by atoms with Gasteiger partial charge in [0.15, 0.2) is 0 Å². The normalized spacial score (nSPS) is 24.0. The summed E-state index contributed by atoms with van der Waals surface area (Å²) in [6, 6.07) is 15.7. The first-order valence-corrected chi connectivity index (χ1v) is 7.94. The zero-order chi connectivity index (χ0) is 14.9. The maximum atomic E-state index is 5.81. The molecule has 2 atom stereocenters. The SMILES string of the molecule is CCOC1CC(NCc2cccc3ccccc23)C1(C)C. The molecule has 3 rings (SSSR count). The van der Waals surface area contributed by atoms with Gasteiger partial charge in [0.1, 0.15) is 0 Å². The first kappa shape index (κ1) is 14.6. The molecular formula is C19H25NO. The monoisotopic (exact) mass is 283 g/mol. The lowest BCUT2D eigenvalue weighted by Crippen LogP contribution is -2.60. The van der Waals surface area contributed by atoms with Crippen LogP contribution in [0.1, 0.15) is 32.8 Å². The number of fused-ring (bicyclic) bond motifs is 1. The highest BCUT2D eigenvalue weighted by molar-refractivity contribution is 5.85. The van der Waals surface area contributed by atoms with Gasteiger partial charge in [0.25, 0.3) is 0 Å². The molecule has 1 aliphatic rings. The number of nitrogens with one attached hydrogen (secondary N) is 1. The number of ether oxygens (including phenoxy) is 1. The van der Waals surface area contributed by atoms with Gasteiger partial charge in [-0.05, 0) is 29.7 Å². The topological polar surface area (TPSA) is 21.3 Å². The van der Waals surface area contributed by atoms with E-state index in [0.717, 1.165) is 19.6 Å². The Morgan fingerprint density at radius 2 is 1.90 bits per heavy atom. The average molecular weight is 283 g/mol. The van der Waals surface area contributed by atoms with Gasteiger partial charge in [-0.25, -0.2) is 0 Å². The molecule has 2 aromatic carbocycles. The van der Waals surface area contributed by atoms with Crippen LogP contribution in [0.3, 0.4) is 0 Å². The predicted molar refractivity (Wildman–Crippen MR) is 88.4 cm³/mol. The molecule has 2 heteroatoms. The summed E-state index contributed by atoms with van der Waals surface area (Å²) < 4.78 is 5.81. The minimum absolute atomic E-state index is 0.223. The molecule has 0 saturated heterocycles. The highest BCUT2D eigenvalue weighted by Crippen LogP contribution is 2.42. The molecule has 1 saturated carbocycles. The molecule has 0 heterocycles. The van der Waals surface area contributed by atoms with E-state index in [1.165, 1.54) is 16.3 Å². The second-order valence-corrected chi connectivity index (χ2v) is 6.57. The molecule has 1 fully saturated rings. The minimum atomic E-state index is 0.223. The summed E-state index contributed by atoms with van der Waals surface area (Å²) in [6.07, 6.45) is 1.51. The molecule has 0 aliphatic heterocycles. The van der Waals surface area contributed by atoms with Crippen molar-refractivity contribution in [3.05, 3.63) is 48.0 Å². The first-order chi connectivity index (χ1) is 10.1. The fraction of sp³-hybridized carbons (Fsp3) is 0.474. The molecular weight excluding hydrogens is 258 g/mol. The number of benzene rings is 2. The molecule has 0 amide bonds. The Labute approximate surface area is 127 Å². The van der Waals surface area contributed by atoms with Gasteiger partial charge in [-0.3, -0.25) is 0 Å². The summed E-state index contributed by atoms with van der Waals surface area (Å²) in [6.45, 7) is 8.42. The van der Waals surface area contributed by atoms with Gasteiger partial charge in [-0.2, -0.15) is 0 Å². The van der Waals surface area contributed by atoms with Crippen molar-refractivity contribution in [1.29, 1.82) is 0 Å². The van der Waals surface area contributed by atoms with Crippen molar-refractivity contribution in [2.45, 2.75) is 45.9 Å². The Morgan fingerprint density at radius 3 is 2.67 bits per heavy atom. The van der Waals surface area contributed by atoms with Gasteiger partial charge in [0.2, 0.25) is 0 Å². The molecule has 21 heavy (non-hydrogen) atoms. The highest BCUT2D eigenvalue weighted by Gasteiger charge is 2.48. The second-order valence-electron chi connectivity index (χ2n) is 6.57. The quantitative estimate of drug-likeness (QED) is 0.890. The molecule has 2 unspecified atom stereocenters. The standard InChI is InChI=1S/C19H25NO/c1-4-21-18-12-17(19(18,2)3)20-13-15-10-7-9-14-8-5-6-11-16(14)15/h5-11,17-18,20H,4,12-13H2,1-3H3. The largest absolute Gasteiger partial charge is 0.378 e. The van der Waals surface area contributed by atoms with E-state index in [1.54, 1.807) is 0 Å². The Morgan fingerprint density at radius 1 is 1.14 bits per heavy atom. The molecule has 1 aliphatic carbocycles. The zero-order valence-electron chi connectivity index (χ0n) is 13.2. The van der Waals surface area contributed by atoms with Crippen LogP contribution < -0.4 is 5.32 Å². The molecule has 0 bridgehead atoms. The van der Waals surface area contributed by atoms with Gasteiger partial charge >= 0.3 is 0 Å². The zero-order valence-corrected chi connectivity index (χ0v) is 13.2. The van der Waals surface area contributed by atoms with Crippen LogP contribution >= 0.6 is 0 Å². The van der Waals surface area contributed by atoms with E-state index >= 15 is 0 Å². The average Bonchev–Trinajstić information content (AvgIpc) is 2.50. The Bertz CT molecular complexity index is 614. The molecule has 112 valence electrons. The van der Waals surface area contributed by atoms with Gasteiger partial charge < -0.3 is 10.1 Å². The smallest absolute Gasteiger partial charge is 0.0655 e. The van der Waals surface area contributed by atoms with Crippen molar-refractivity contribution in [2.24, 2.45) is 5.41 Å². The fourth-order valence-electron chi connectivity index (χ4n) is 3.40. The van der Waals surface area contributed by atoms with Crippen LogP contribution in [0.5, 0.6) is 0 Å². The van der Waals surface area contributed by atoms with Crippen molar-refractivity contribution in [2.75, 3.05) is 6.61 Å². The van der Waals surface area contributed by atoms with E-state index in [1.807, 2.05) is 0 Å². The minimum Gasteiger partial charge on any atom is -0.378 e. The van der Waals surface area contributed by atoms with Crippen LogP contribution in [-0.4, -0.2) is 18.8 Å². The van der Waals surface area contributed by atoms with Crippen LogP contribution in [0.4, 0.5) is 0 Å². The molecule has 0 radical (unpaired) electrons. The lowest BCUT2D eigenvalue weighted by atomic mass is 9.64. The summed E-state index contributed by atoms with van der Waals surface area (Å²) in [5.74, 6) is 0. The lowest BCUT2D eigenvalue weighted by Gasteiger charge is -2.52. The summed E-state index contributed by atoms with van der Waals surface area (Å²) in [4.78, 5) is 0. The maximum Gasteiger partial charge on any atom is 0.0655 e. The summed E-state index contributed by atoms with van der Waals surface area (Å²) >= 11 is 0. The van der Waals surface area contributed by atoms with Crippen LogP contribution in [0.15, 0.2) is 42.5 Å². The third-order valence-electron chi connectivity index (χ3n) is 4.96. The number of rotatable bonds is 5. The molecule has 0 aromatic heterocycles. The van der Waals surface area contributed by atoms with Crippen LogP contribution in [0.2, 0.25) is 0 Å². The number of hydrogen-bond donors (Lipinski definition) is 1. The molecule has 2 aromatic rings. The second kappa shape index (κ2) is 5.78. The van der Waals surface area contributed by atoms with E-state index in [4.69, 9.17) is 4.74 Å². The van der Waals surface area contributed by atoms with Crippen molar-refractivity contribution >= 4 is 10.8 Å². The predicted octanol–water partition coefficient (Wildman–Crippen LogP) is 4.13. The van der Waals surface area contributed by atoms with Crippen molar-refractivity contribution in [3.8, 4) is 0 Å². The Hall–Kier alpha value is -1.38. The van der Waals surface area contributed by atoms with Crippen LogP contribution in [-0.2, 0) is 11.3 Å². The number of hydrogen-bond acceptors (Lipinski definition) is 2. The van der Waals surface area contributed by atoms with Crippen molar-refractivity contribution < 1.29 is 4.74 Å². The summed E-state index contributed by atoms with van der Waals surface area (Å²) in [5.41, 5.74) is 1.60. The van der Waals surface area contributed by atoms with Crippen LogP contribution in [0.25, 0.3) is 10.8 Å². The van der Waals surface area contributed by atoms with E-state index in [0.29, 0.717) is 12.1 Å². The van der Waals surface area contributed by atoms with Gasteiger partial charge in [0, 0.05) is 24.6 Å². The highest BCUT2D eigenvalue weighted by atomic mass is 16.5. The fourth-order valence-corrected chi connectivity index (χ4v) is 3.40. The summed E-state index contributed by atoms with van der Waals surface area (Å²) in [5, 5.41) is 6.40. The molecule has 1 N–H and O–H groups in total. The van der Waals surface area contributed by atoms with E-state index in [-0.39, 0.29) is 5.41 Å². The van der Waals surface area contributed by atoms with Crippen molar-refractivity contribution in [3.63, 3.8) is 0 Å². The van der Waals surface area contributed by atoms with Crippen LogP contribution in [0, 0.1) is 5.41 Å². The Balaban J connectivity index is 1.68.